The lowest BCUT2D eigenvalue weighted by atomic mass is 10.2. The summed E-state index contributed by atoms with van der Waals surface area (Å²) in [5, 5.41) is 9.97. The van der Waals surface area contributed by atoms with Gasteiger partial charge in [-0.1, -0.05) is 11.6 Å². The highest BCUT2D eigenvalue weighted by Gasteiger charge is 2.26. The number of ether oxygens (including phenoxy) is 1. The van der Waals surface area contributed by atoms with E-state index in [1.165, 1.54) is 0 Å². The van der Waals surface area contributed by atoms with Gasteiger partial charge in [0.05, 0.1) is 36.9 Å². The summed E-state index contributed by atoms with van der Waals surface area (Å²) in [6.07, 6.45) is -0.106. The molecule has 2 atom stereocenters. The number of aliphatic hydroxyl groups is 1. The molecule has 0 radical (unpaired) electrons. The van der Waals surface area contributed by atoms with Crippen LogP contribution in [0, 0.1) is 0 Å². The number of hydrogen-bond acceptors (Lipinski definition) is 4. The van der Waals surface area contributed by atoms with Gasteiger partial charge < -0.3 is 14.4 Å². The van der Waals surface area contributed by atoms with Crippen molar-refractivity contribution in [1.82, 2.24) is 14.5 Å². The van der Waals surface area contributed by atoms with Crippen LogP contribution in [-0.4, -0.2) is 51.5 Å². The molecule has 2 heterocycles. The molecule has 0 saturated carbocycles. The fraction of sp³-hybridized carbons (Fsp3) is 0.533. The van der Waals surface area contributed by atoms with Crippen LogP contribution in [0.15, 0.2) is 18.2 Å². The first-order chi connectivity index (χ1) is 10.1. The molecule has 2 unspecified atom stereocenters. The van der Waals surface area contributed by atoms with Crippen molar-refractivity contribution in [2.45, 2.75) is 25.6 Å². The van der Waals surface area contributed by atoms with Gasteiger partial charge in [-0.3, -0.25) is 4.90 Å². The third-order valence-electron chi connectivity index (χ3n) is 4.12. The van der Waals surface area contributed by atoms with E-state index < -0.39 is 0 Å². The van der Waals surface area contributed by atoms with Crippen molar-refractivity contribution in [2.24, 2.45) is 7.05 Å². The zero-order chi connectivity index (χ0) is 15.0. The summed E-state index contributed by atoms with van der Waals surface area (Å²) in [7, 11) is 2.02. The third-order valence-corrected chi connectivity index (χ3v) is 4.35. The lowest BCUT2D eigenvalue weighted by molar-refractivity contribution is -0.0813. The maximum absolute atomic E-state index is 9.27. The van der Waals surface area contributed by atoms with Crippen LogP contribution in [0.2, 0.25) is 5.02 Å². The number of morpholine rings is 1. The summed E-state index contributed by atoms with van der Waals surface area (Å²) in [6.45, 7) is 4.29. The van der Waals surface area contributed by atoms with Gasteiger partial charge >= 0.3 is 0 Å². The lowest BCUT2D eigenvalue weighted by Crippen LogP contribution is -2.49. The van der Waals surface area contributed by atoms with E-state index in [0.717, 1.165) is 29.9 Å². The highest BCUT2D eigenvalue weighted by Crippen LogP contribution is 2.22. The molecule has 0 amide bonds. The number of halogens is 1. The molecule has 3 rings (SSSR count). The largest absolute Gasteiger partial charge is 0.394 e. The Bertz CT molecular complexity index is 643. The minimum Gasteiger partial charge on any atom is -0.394 e. The summed E-state index contributed by atoms with van der Waals surface area (Å²) in [5.41, 5.74) is 1.99. The molecule has 1 aliphatic heterocycles. The number of aromatic nitrogens is 2. The molecular weight excluding hydrogens is 290 g/mol. The van der Waals surface area contributed by atoms with Crippen LogP contribution in [0.1, 0.15) is 12.7 Å². The normalized spacial score (nSPS) is 23.8. The van der Waals surface area contributed by atoms with E-state index in [1.807, 2.05) is 25.2 Å². The summed E-state index contributed by atoms with van der Waals surface area (Å²) in [4.78, 5) is 6.98. The molecule has 6 heteroatoms. The molecule has 1 N–H and O–H groups in total. The Morgan fingerprint density at radius 2 is 2.29 bits per heavy atom. The average molecular weight is 310 g/mol. The lowest BCUT2D eigenvalue weighted by Gasteiger charge is -2.37. The summed E-state index contributed by atoms with van der Waals surface area (Å²) < 4.78 is 7.67. The van der Waals surface area contributed by atoms with Crippen molar-refractivity contribution in [3.05, 3.63) is 29.0 Å². The molecular formula is C15H20ClN3O2. The highest BCUT2D eigenvalue weighted by molar-refractivity contribution is 6.31. The molecule has 114 valence electrons. The van der Waals surface area contributed by atoms with Crippen molar-refractivity contribution in [3.8, 4) is 0 Å². The minimum absolute atomic E-state index is 0.0569. The summed E-state index contributed by atoms with van der Waals surface area (Å²) >= 11 is 6.03. The van der Waals surface area contributed by atoms with Crippen LogP contribution >= 0.6 is 11.6 Å². The summed E-state index contributed by atoms with van der Waals surface area (Å²) in [5.74, 6) is 0.998. The Morgan fingerprint density at radius 3 is 3.05 bits per heavy atom. The van der Waals surface area contributed by atoms with E-state index in [-0.39, 0.29) is 12.7 Å². The second-order valence-electron chi connectivity index (χ2n) is 5.64. The van der Waals surface area contributed by atoms with E-state index in [0.29, 0.717) is 17.7 Å². The van der Waals surface area contributed by atoms with Gasteiger partial charge in [0, 0.05) is 24.7 Å². The first-order valence-corrected chi connectivity index (χ1v) is 7.53. The molecule has 0 spiro atoms. The number of fused-ring (bicyclic) bond motifs is 1. The van der Waals surface area contributed by atoms with Gasteiger partial charge in [-0.15, -0.1) is 0 Å². The standard InChI is InChI=1S/C15H20ClN3O2/c1-10-9-21-12(8-20)6-19(10)7-15-17-13-5-11(16)3-4-14(13)18(15)2/h3-5,10,12,20H,6-9H2,1-2H3. The number of benzene rings is 1. The maximum Gasteiger partial charge on any atom is 0.123 e. The number of imidazole rings is 1. The van der Waals surface area contributed by atoms with Crippen LogP contribution in [0.4, 0.5) is 0 Å². The van der Waals surface area contributed by atoms with Crippen LogP contribution in [0.3, 0.4) is 0 Å². The highest BCUT2D eigenvalue weighted by atomic mass is 35.5. The molecule has 2 aromatic rings. The Kier molecular flexibility index (Phi) is 4.17. The SMILES string of the molecule is CC1COC(CO)CN1Cc1nc2cc(Cl)ccc2n1C. The zero-order valence-electron chi connectivity index (χ0n) is 12.3. The van der Waals surface area contributed by atoms with Crippen molar-refractivity contribution >= 4 is 22.6 Å². The molecule has 1 aromatic heterocycles. The fourth-order valence-electron chi connectivity index (χ4n) is 2.75. The van der Waals surface area contributed by atoms with Gasteiger partial charge in [-0.25, -0.2) is 4.98 Å². The van der Waals surface area contributed by atoms with Gasteiger partial charge in [0.25, 0.3) is 0 Å². The fourth-order valence-corrected chi connectivity index (χ4v) is 2.92. The zero-order valence-corrected chi connectivity index (χ0v) is 13.0. The summed E-state index contributed by atoms with van der Waals surface area (Å²) in [6, 6.07) is 6.08. The molecule has 1 fully saturated rings. The molecule has 21 heavy (non-hydrogen) atoms. The molecule has 0 bridgehead atoms. The maximum atomic E-state index is 9.27. The van der Waals surface area contributed by atoms with Crippen molar-refractivity contribution in [1.29, 1.82) is 0 Å². The van der Waals surface area contributed by atoms with Crippen molar-refractivity contribution < 1.29 is 9.84 Å². The average Bonchev–Trinajstić information content (AvgIpc) is 2.77. The van der Waals surface area contributed by atoms with E-state index in [9.17, 15) is 5.11 Å². The van der Waals surface area contributed by atoms with Crippen LogP contribution in [-0.2, 0) is 18.3 Å². The molecule has 1 saturated heterocycles. The second kappa shape index (κ2) is 5.93. The Hall–Kier alpha value is -1.14. The molecule has 1 aliphatic rings. The smallest absolute Gasteiger partial charge is 0.123 e. The van der Waals surface area contributed by atoms with Crippen molar-refractivity contribution in [2.75, 3.05) is 19.8 Å². The first kappa shape index (κ1) is 14.8. The van der Waals surface area contributed by atoms with Crippen LogP contribution < -0.4 is 0 Å². The Labute approximate surface area is 129 Å². The number of nitrogens with zero attached hydrogens (tertiary/aromatic N) is 3. The number of rotatable bonds is 3. The van der Waals surface area contributed by atoms with Gasteiger partial charge in [-0.05, 0) is 25.1 Å². The van der Waals surface area contributed by atoms with Crippen LogP contribution in [0.5, 0.6) is 0 Å². The third kappa shape index (κ3) is 2.92. The second-order valence-corrected chi connectivity index (χ2v) is 6.07. The molecule has 0 aliphatic carbocycles. The monoisotopic (exact) mass is 309 g/mol. The van der Waals surface area contributed by atoms with Gasteiger partial charge in [0.15, 0.2) is 0 Å². The van der Waals surface area contributed by atoms with Gasteiger partial charge in [0.2, 0.25) is 0 Å². The van der Waals surface area contributed by atoms with Crippen LogP contribution in [0.25, 0.3) is 11.0 Å². The van der Waals surface area contributed by atoms with E-state index in [2.05, 4.69) is 21.4 Å². The Morgan fingerprint density at radius 1 is 1.48 bits per heavy atom. The van der Waals surface area contributed by atoms with Crippen molar-refractivity contribution in [3.63, 3.8) is 0 Å². The molecule has 5 nitrogen and oxygen atoms in total. The predicted octanol–water partition coefficient (Wildman–Crippen LogP) is 1.81. The Balaban J connectivity index is 1.85. The van der Waals surface area contributed by atoms with E-state index >= 15 is 0 Å². The van der Waals surface area contributed by atoms with E-state index in [1.54, 1.807) is 0 Å². The minimum atomic E-state index is -0.106. The molecule has 1 aromatic carbocycles. The predicted molar refractivity (Wildman–Crippen MR) is 82.4 cm³/mol. The van der Waals surface area contributed by atoms with E-state index in [4.69, 9.17) is 16.3 Å². The number of aryl methyl sites for hydroxylation is 1. The number of hydrogen-bond donors (Lipinski definition) is 1. The number of aliphatic hydroxyl groups excluding tert-OH is 1. The van der Waals surface area contributed by atoms with Gasteiger partial charge in [-0.2, -0.15) is 0 Å². The quantitative estimate of drug-likeness (QED) is 0.939. The van der Waals surface area contributed by atoms with Gasteiger partial charge in [0.1, 0.15) is 5.82 Å². The topological polar surface area (TPSA) is 50.5 Å². The first-order valence-electron chi connectivity index (χ1n) is 7.16.